The normalized spacial score (nSPS) is 12.1. The number of hydrogen-bond acceptors (Lipinski definition) is 5. The standard InChI is InChI=1S/C10H16N4OS/c1-3-15-6-7(2)14-9-5-12-8(4-13-9)10(11)16/h4-5,7H,3,6H2,1-2H3,(H2,11,16)(H,13,14). The molecule has 6 heteroatoms. The van der Waals surface area contributed by atoms with Crippen LogP contribution in [0.15, 0.2) is 12.4 Å². The average Bonchev–Trinajstić information content (AvgIpc) is 2.27. The lowest BCUT2D eigenvalue weighted by molar-refractivity contribution is 0.141. The second-order valence-electron chi connectivity index (χ2n) is 3.36. The van der Waals surface area contributed by atoms with Gasteiger partial charge in [-0.3, -0.25) is 0 Å². The molecule has 0 aliphatic carbocycles. The summed E-state index contributed by atoms with van der Waals surface area (Å²) in [5.41, 5.74) is 5.95. The zero-order valence-electron chi connectivity index (χ0n) is 9.43. The number of hydrogen-bond donors (Lipinski definition) is 2. The third kappa shape index (κ3) is 4.08. The monoisotopic (exact) mass is 240 g/mol. The van der Waals surface area contributed by atoms with E-state index in [0.29, 0.717) is 24.7 Å². The van der Waals surface area contributed by atoms with Crippen LogP contribution in [0.3, 0.4) is 0 Å². The topological polar surface area (TPSA) is 73.1 Å². The quantitative estimate of drug-likeness (QED) is 0.721. The fourth-order valence-corrected chi connectivity index (χ4v) is 1.22. The number of anilines is 1. The predicted molar refractivity (Wildman–Crippen MR) is 67.5 cm³/mol. The Morgan fingerprint density at radius 1 is 1.56 bits per heavy atom. The molecule has 0 radical (unpaired) electrons. The summed E-state index contributed by atoms with van der Waals surface area (Å²) in [6.45, 7) is 5.32. The third-order valence-electron chi connectivity index (χ3n) is 1.87. The van der Waals surface area contributed by atoms with E-state index in [9.17, 15) is 0 Å². The molecule has 0 aromatic carbocycles. The minimum atomic E-state index is 0.185. The van der Waals surface area contributed by atoms with Crippen LogP contribution < -0.4 is 11.1 Å². The predicted octanol–water partition coefficient (Wildman–Crippen LogP) is 0.948. The Labute approximate surface area is 100 Å². The van der Waals surface area contributed by atoms with Crippen LogP contribution in [0.2, 0.25) is 0 Å². The summed E-state index contributed by atoms with van der Waals surface area (Å²) in [6.07, 6.45) is 3.16. The molecule has 1 unspecified atom stereocenters. The maximum absolute atomic E-state index is 5.42. The van der Waals surface area contributed by atoms with E-state index in [-0.39, 0.29) is 11.0 Å². The molecule has 1 aromatic heterocycles. The van der Waals surface area contributed by atoms with Crippen LogP contribution >= 0.6 is 12.2 Å². The lowest BCUT2D eigenvalue weighted by Gasteiger charge is -2.13. The van der Waals surface area contributed by atoms with Crippen LogP contribution in [0.25, 0.3) is 0 Å². The Hall–Kier alpha value is -1.27. The lowest BCUT2D eigenvalue weighted by atomic mass is 10.3. The van der Waals surface area contributed by atoms with Crippen LogP contribution in [0, 0.1) is 0 Å². The van der Waals surface area contributed by atoms with E-state index in [0.717, 1.165) is 0 Å². The van der Waals surface area contributed by atoms with E-state index in [1.165, 1.54) is 0 Å². The number of aromatic nitrogens is 2. The highest BCUT2D eigenvalue weighted by atomic mass is 32.1. The van der Waals surface area contributed by atoms with Gasteiger partial charge in [0.05, 0.1) is 19.0 Å². The van der Waals surface area contributed by atoms with Gasteiger partial charge in [-0.25, -0.2) is 9.97 Å². The summed E-state index contributed by atoms with van der Waals surface area (Å²) in [7, 11) is 0. The van der Waals surface area contributed by atoms with Gasteiger partial charge in [0.1, 0.15) is 16.5 Å². The van der Waals surface area contributed by atoms with Gasteiger partial charge in [-0.1, -0.05) is 12.2 Å². The van der Waals surface area contributed by atoms with Gasteiger partial charge in [0, 0.05) is 12.6 Å². The molecule has 5 nitrogen and oxygen atoms in total. The van der Waals surface area contributed by atoms with Gasteiger partial charge in [-0.15, -0.1) is 0 Å². The van der Waals surface area contributed by atoms with E-state index in [2.05, 4.69) is 15.3 Å². The fraction of sp³-hybridized carbons (Fsp3) is 0.500. The highest BCUT2D eigenvalue weighted by Gasteiger charge is 2.04. The van der Waals surface area contributed by atoms with E-state index in [1.54, 1.807) is 12.4 Å². The number of nitrogens with zero attached hydrogens (tertiary/aromatic N) is 2. The van der Waals surface area contributed by atoms with Gasteiger partial charge in [-0.05, 0) is 13.8 Å². The maximum Gasteiger partial charge on any atom is 0.144 e. The number of nitrogens with one attached hydrogen (secondary N) is 1. The lowest BCUT2D eigenvalue weighted by Crippen LogP contribution is -2.22. The third-order valence-corrected chi connectivity index (χ3v) is 2.08. The summed E-state index contributed by atoms with van der Waals surface area (Å²) in [4.78, 5) is 8.48. The summed E-state index contributed by atoms with van der Waals surface area (Å²) in [5, 5.41) is 3.16. The molecule has 0 saturated carbocycles. The Morgan fingerprint density at radius 2 is 2.31 bits per heavy atom. The summed E-state index contributed by atoms with van der Waals surface area (Å²) < 4.78 is 5.28. The number of ether oxygens (including phenoxy) is 1. The van der Waals surface area contributed by atoms with Crippen molar-refractivity contribution in [2.45, 2.75) is 19.9 Å². The van der Waals surface area contributed by atoms with Crippen LogP contribution in [0.1, 0.15) is 19.5 Å². The minimum absolute atomic E-state index is 0.185. The molecule has 0 amide bonds. The van der Waals surface area contributed by atoms with Crippen LogP contribution in [-0.2, 0) is 4.74 Å². The Morgan fingerprint density at radius 3 is 2.81 bits per heavy atom. The highest BCUT2D eigenvalue weighted by Crippen LogP contribution is 2.03. The number of thiocarbonyl (C=S) groups is 1. The van der Waals surface area contributed by atoms with E-state index >= 15 is 0 Å². The molecule has 1 atom stereocenters. The molecule has 0 saturated heterocycles. The molecule has 0 fully saturated rings. The van der Waals surface area contributed by atoms with E-state index in [1.807, 2.05) is 13.8 Å². The Kier molecular flexibility index (Phi) is 5.07. The molecule has 16 heavy (non-hydrogen) atoms. The van der Waals surface area contributed by atoms with Gasteiger partial charge in [0.2, 0.25) is 0 Å². The second-order valence-corrected chi connectivity index (χ2v) is 3.80. The van der Waals surface area contributed by atoms with Crippen molar-refractivity contribution in [2.75, 3.05) is 18.5 Å². The van der Waals surface area contributed by atoms with Crippen molar-refractivity contribution in [1.29, 1.82) is 0 Å². The molecule has 3 N–H and O–H groups in total. The van der Waals surface area contributed by atoms with Crippen LogP contribution in [-0.4, -0.2) is 34.2 Å². The molecule has 1 rings (SSSR count). The smallest absolute Gasteiger partial charge is 0.144 e. The summed E-state index contributed by atoms with van der Waals surface area (Å²) >= 11 is 4.79. The van der Waals surface area contributed by atoms with Crippen LogP contribution in [0.4, 0.5) is 5.82 Å². The number of rotatable bonds is 6. The average molecular weight is 240 g/mol. The summed E-state index contributed by atoms with van der Waals surface area (Å²) in [6, 6.07) is 0.185. The number of nitrogens with two attached hydrogens (primary N) is 1. The fourth-order valence-electron chi connectivity index (χ4n) is 1.12. The maximum atomic E-state index is 5.42. The first kappa shape index (κ1) is 12.8. The van der Waals surface area contributed by atoms with Gasteiger partial charge in [-0.2, -0.15) is 0 Å². The van der Waals surface area contributed by atoms with Crippen molar-refractivity contribution in [3.05, 3.63) is 18.1 Å². The first-order valence-corrected chi connectivity index (χ1v) is 5.50. The molecular weight excluding hydrogens is 224 g/mol. The highest BCUT2D eigenvalue weighted by molar-refractivity contribution is 7.80. The zero-order valence-corrected chi connectivity index (χ0v) is 10.3. The van der Waals surface area contributed by atoms with Gasteiger partial charge < -0.3 is 15.8 Å². The van der Waals surface area contributed by atoms with E-state index < -0.39 is 0 Å². The van der Waals surface area contributed by atoms with Gasteiger partial charge >= 0.3 is 0 Å². The molecule has 88 valence electrons. The zero-order chi connectivity index (χ0) is 12.0. The molecule has 0 spiro atoms. The molecule has 0 aliphatic rings. The second kappa shape index (κ2) is 6.34. The molecule has 1 aromatic rings. The Balaban J connectivity index is 2.51. The molecule has 0 bridgehead atoms. The van der Waals surface area contributed by atoms with Crippen molar-refractivity contribution in [3.8, 4) is 0 Å². The largest absolute Gasteiger partial charge is 0.388 e. The van der Waals surface area contributed by atoms with Crippen LogP contribution in [0.5, 0.6) is 0 Å². The minimum Gasteiger partial charge on any atom is -0.388 e. The van der Waals surface area contributed by atoms with Crippen molar-refractivity contribution < 1.29 is 4.74 Å². The van der Waals surface area contributed by atoms with Crippen molar-refractivity contribution in [1.82, 2.24) is 9.97 Å². The van der Waals surface area contributed by atoms with Crippen molar-refractivity contribution in [2.24, 2.45) is 5.73 Å². The SMILES string of the molecule is CCOCC(C)Nc1cnc(C(N)=S)cn1. The van der Waals surface area contributed by atoms with Gasteiger partial charge in [0.15, 0.2) is 0 Å². The van der Waals surface area contributed by atoms with Crippen molar-refractivity contribution in [3.63, 3.8) is 0 Å². The Bertz CT molecular complexity index is 341. The summed E-state index contributed by atoms with van der Waals surface area (Å²) in [5.74, 6) is 0.687. The first-order chi connectivity index (χ1) is 7.63. The molecule has 1 heterocycles. The van der Waals surface area contributed by atoms with Crippen molar-refractivity contribution >= 4 is 23.0 Å². The van der Waals surface area contributed by atoms with Gasteiger partial charge in [0.25, 0.3) is 0 Å². The van der Waals surface area contributed by atoms with E-state index in [4.69, 9.17) is 22.7 Å². The molecule has 0 aliphatic heterocycles. The first-order valence-electron chi connectivity index (χ1n) is 5.09. The molecular formula is C10H16N4OS.